The number of hydrogen-bond acceptors (Lipinski definition) is 5. The van der Waals surface area contributed by atoms with E-state index < -0.39 is 11.7 Å². The largest absolute Gasteiger partial charge is 0.441 e. The summed E-state index contributed by atoms with van der Waals surface area (Å²) in [6, 6.07) is 4.81. The first-order valence-electron chi connectivity index (χ1n) is 8.43. The fourth-order valence-corrected chi connectivity index (χ4v) is 3.59. The number of nitrogens with one attached hydrogen (secondary N) is 1. The van der Waals surface area contributed by atoms with Gasteiger partial charge in [-0.1, -0.05) is 6.07 Å². The first kappa shape index (κ1) is 17.7. The molecule has 27 heavy (non-hydrogen) atoms. The summed E-state index contributed by atoms with van der Waals surface area (Å²) in [5.74, 6) is -0.611. The normalized spacial score (nSPS) is 23.0. The second-order valence-electron chi connectivity index (χ2n) is 6.86. The van der Waals surface area contributed by atoms with E-state index >= 15 is 0 Å². The van der Waals surface area contributed by atoms with Crippen LogP contribution in [-0.2, 0) is 22.3 Å². The topological polar surface area (TPSA) is 75.4 Å². The van der Waals surface area contributed by atoms with Gasteiger partial charge < -0.3 is 4.42 Å². The molecule has 1 aromatic carbocycles. The van der Waals surface area contributed by atoms with Crippen LogP contribution in [0.1, 0.15) is 17.0 Å². The smallest absolute Gasteiger partial charge is 0.416 e. The lowest BCUT2D eigenvalue weighted by molar-refractivity contribution is -0.137. The van der Waals surface area contributed by atoms with E-state index in [1.807, 2.05) is 4.90 Å². The lowest BCUT2D eigenvalue weighted by Gasteiger charge is -2.14. The lowest BCUT2D eigenvalue weighted by atomic mass is 10.00. The highest BCUT2D eigenvalue weighted by Crippen LogP contribution is 2.33. The quantitative estimate of drug-likeness (QED) is 0.829. The molecule has 0 spiro atoms. The number of fused-ring (bicyclic) bond motifs is 1. The van der Waals surface area contributed by atoms with Gasteiger partial charge in [0, 0.05) is 25.2 Å². The Morgan fingerprint density at radius 1 is 1.22 bits per heavy atom. The van der Waals surface area contributed by atoms with Crippen molar-refractivity contribution in [2.24, 2.45) is 11.8 Å². The van der Waals surface area contributed by atoms with Gasteiger partial charge in [-0.05, 0) is 25.1 Å². The average molecular weight is 379 g/mol. The van der Waals surface area contributed by atoms with Crippen molar-refractivity contribution in [2.45, 2.75) is 19.6 Å². The first-order valence-corrected chi connectivity index (χ1v) is 8.43. The first-order chi connectivity index (χ1) is 12.7. The van der Waals surface area contributed by atoms with Gasteiger partial charge in [-0.15, -0.1) is 0 Å². The van der Waals surface area contributed by atoms with E-state index in [2.05, 4.69) is 10.3 Å². The minimum absolute atomic E-state index is 0.113. The molecule has 6 nitrogen and oxygen atoms in total. The number of nitrogens with zero attached hydrogens (tertiary/aromatic N) is 2. The van der Waals surface area contributed by atoms with Gasteiger partial charge in [0.2, 0.25) is 17.7 Å². The zero-order chi connectivity index (χ0) is 19.3. The summed E-state index contributed by atoms with van der Waals surface area (Å²) in [4.78, 5) is 29.8. The zero-order valence-corrected chi connectivity index (χ0v) is 14.3. The van der Waals surface area contributed by atoms with E-state index in [4.69, 9.17) is 4.42 Å². The molecule has 1 N–H and O–H groups in total. The van der Waals surface area contributed by atoms with Crippen LogP contribution < -0.4 is 5.32 Å². The van der Waals surface area contributed by atoms with Crippen LogP contribution in [0.15, 0.2) is 28.7 Å². The Kier molecular flexibility index (Phi) is 4.06. The molecule has 2 amide bonds. The molecular formula is C18H16F3N3O3. The molecule has 9 heteroatoms. The maximum atomic E-state index is 12.9. The molecule has 0 saturated carbocycles. The Morgan fingerprint density at radius 3 is 2.52 bits per heavy atom. The zero-order valence-electron chi connectivity index (χ0n) is 14.3. The van der Waals surface area contributed by atoms with Gasteiger partial charge in [0.15, 0.2) is 0 Å². The van der Waals surface area contributed by atoms with Gasteiger partial charge in [-0.2, -0.15) is 13.2 Å². The third kappa shape index (κ3) is 3.23. The number of amides is 2. The molecule has 142 valence electrons. The van der Waals surface area contributed by atoms with Crippen LogP contribution in [-0.4, -0.2) is 34.8 Å². The van der Waals surface area contributed by atoms with E-state index in [1.165, 1.54) is 12.1 Å². The van der Waals surface area contributed by atoms with E-state index in [0.717, 1.165) is 12.1 Å². The molecule has 2 aromatic rings. The Morgan fingerprint density at radius 2 is 1.89 bits per heavy atom. The highest BCUT2D eigenvalue weighted by atomic mass is 19.4. The summed E-state index contributed by atoms with van der Waals surface area (Å²) in [5.41, 5.74) is 0.0524. The van der Waals surface area contributed by atoms with E-state index in [-0.39, 0.29) is 35.1 Å². The molecule has 2 saturated heterocycles. The fraction of sp³-hybridized carbons (Fsp3) is 0.389. The van der Waals surface area contributed by atoms with Crippen molar-refractivity contribution in [3.63, 3.8) is 0 Å². The van der Waals surface area contributed by atoms with Crippen molar-refractivity contribution in [1.29, 1.82) is 0 Å². The predicted octanol–water partition coefficient (Wildman–Crippen LogP) is 2.37. The number of halogens is 3. The van der Waals surface area contributed by atoms with Gasteiger partial charge in [0.05, 0.1) is 23.1 Å². The van der Waals surface area contributed by atoms with Crippen molar-refractivity contribution in [3.05, 3.63) is 41.3 Å². The molecule has 0 unspecified atom stereocenters. The Balaban J connectivity index is 1.53. The minimum atomic E-state index is -4.44. The number of likely N-dealkylation sites (tertiary alicyclic amines) is 1. The lowest BCUT2D eigenvalue weighted by Crippen LogP contribution is -2.31. The monoisotopic (exact) mass is 379 g/mol. The van der Waals surface area contributed by atoms with Crippen LogP contribution in [0, 0.1) is 18.8 Å². The summed E-state index contributed by atoms with van der Waals surface area (Å²) >= 11 is 0. The molecule has 0 radical (unpaired) electrons. The highest BCUT2D eigenvalue weighted by molar-refractivity contribution is 6.05. The maximum Gasteiger partial charge on any atom is 0.416 e. The fourth-order valence-electron chi connectivity index (χ4n) is 3.59. The number of rotatable bonds is 3. The molecular weight excluding hydrogens is 363 g/mol. The maximum absolute atomic E-state index is 12.9. The number of carbonyl (C=O) groups is 2. The van der Waals surface area contributed by atoms with Gasteiger partial charge in [0.25, 0.3) is 0 Å². The number of carbonyl (C=O) groups excluding carboxylic acids is 2. The predicted molar refractivity (Wildman–Crippen MR) is 87.1 cm³/mol. The van der Waals surface area contributed by atoms with E-state index in [0.29, 0.717) is 31.1 Å². The molecule has 2 fully saturated rings. The molecule has 2 atom stereocenters. The third-order valence-electron chi connectivity index (χ3n) is 5.02. The van der Waals surface area contributed by atoms with Crippen LogP contribution in [0.2, 0.25) is 0 Å². The summed E-state index contributed by atoms with van der Waals surface area (Å²) in [6.45, 7) is 2.93. The van der Waals surface area contributed by atoms with E-state index in [1.54, 1.807) is 6.92 Å². The van der Waals surface area contributed by atoms with Crippen molar-refractivity contribution in [2.75, 3.05) is 13.1 Å². The van der Waals surface area contributed by atoms with Crippen molar-refractivity contribution >= 4 is 11.8 Å². The van der Waals surface area contributed by atoms with Crippen LogP contribution in [0.3, 0.4) is 0 Å². The molecule has 2 aliphatic heterocycles. The summed E-state index contributed by atoms with van der Waals surface area (Å²) in [6.07, 6.45) is -4.44. The Hall–Kier alpha value is -2.68. The molecule has 4 rings (SSSR count). The number of aryl methyl sites for hydroxylation is 1. The number of benzene rings is 1. The van der Waals surface area contributed by atoms with Gasteiger partial charge in [-0.3, -0.25) is 19.8 Å². The standard InChI is InChI=1S/C18H16F3N3O3/c1-9-14(8-24-6-12-13(7-24)16(26)23-15(12)25)22-17(27-9)10-3-2-4-11(5-10)18(19,20)21/h2-5,12-13H,6-8H2,1H3,(H,23,25,26)/t12-,13+. The molecule has 1 aromatic heterocycles. The number of oxazole rings is 1. The third-order valence-corrected chi connectivity index (χ3v) is 5.02. The summed E-state index contributed by atoms with van der Waals surface area (Å²) < 4.78 is 44.3. The van der Waals surface area contributed by atoms with Crippen molar-refractivity contribution in [3.8, 4) is 11.5 Å². The van der Waals surface area contributed by atoms with Gasteiger partial charge in [-0.25, -0.2) is 4.98 Å². The van der Waals surface area contributed by atoms with E-state index in [9.17, 15) is 22.8 Å². The van der Waals surface area contributed by atoms with Crippen LogP contribution >= 0.6 is 0 Å². The SMILES string of the molecule is Cc1oc(-c2cccc(C(F)(F)F)c2)nc1CN1C[C@@H]2C(=O)NC(=O)[C@@H]2C1. The van der Waals surface area contributed by atoms with Gasteiger partial charge >= 0.3 is 6.18 Å². The molecule has 0 bridgehead atoms. The second kappa shape index (κ2) is 6.19. The second-order valence-corrected chi connectivity index (χ2v) is 6.86. The number of alkyl halides is 3. The van der Waals surface area contributed by atoms with Crippen molar-refractivity contribution < 1.29 is 27.2 Å². The molecule has 2 aliphatic rings. The number of imide groups is 1. The Bertz CT molecular complexity index is 900. The van der Waals surface area contributed by atoms with Crippen molar-refractivity contribution in [1.82, 2.24) is 15.2 Å². The minimum Gasteiger partial charge on any atom is -0.441 e. The summed E-state index contributed by atoms with van der Waals surface area (Å²) in [7, 11) is 0. The highest BCUT2D eigenvalue weighted by Gasteiger charge is 2.47. The number of aromatic nitrogens is 1. The number of hydrogen-bond donors (Lipinski definition) is 1. The molecule has 0 aliphatic carbocycles. The van der Waals surface area contributed by atoms with Crippen LogP contribution in [0.5, 0.6) is 0 Å². The Labute approximate surface area is 152 Å². The summed E-state index contributed by atoms with van der Waals surface area (Å²) in [5, 5.41) is 2.33. The van der Waals surface area contributed by atoms with Crippen LogP contribution in [0.4, 0.5) is 13.2 Å². The van der Waals surface area contributed by atoms with Gasteiger partial charge in [0.1, 0.15) is 5.76 Å². The van der Waals surface area contributed by atoms with Crippen LogP contribution in [0.25, 0.3) is 11.5 Å². The molecule has 3 heterocycles. The average Bonchev–Trinajstić information content (AvgIpc) is 3.25.